The highest BCUT2D eigenvalue weighted by molar-refractivity contribution is 5.85. The van der Waals surface area contributed by atoms with Crippen LogP contribution >= 0.6 is 0 Å². The molecular formula is C17H17NO3. The van der Waals surface area contributed by atoms with Gasteiger partial charge in [-0.2, -0.15) is 0 Å². The first-order valence-corrected chi connectivity index (χ1v) is 6.96. The van der Waals surface area contributed by atoms with E-state index in [2.05, 4.69) is 17.4 Å². The third-order valence-corrected chi connectivity index (χ3v) is 3.83. The fourth-order valence-corrected chi connectivity index (χ4v) is 2.70. The van der Waals surface area contributed by atoms with Crippen LogP contribution in [0.5, 0.6) is 11.5 Å². The van der Waals surface area contributed by atoms with Crippen molar-refractivity contribution in [3.05, 3.63) is 41.5 Å². The van der Waals surface area contributed by atoms with Gasteiger partial charge in [-0.15, -0.1) is 0 Å². The van der Waals surface area contributed by atoms with E-state index in [4.69, 9.17) is 4.74 Å². The molecule has 1 aliphatic heterocycles. The Morgan fingerprint density at radius 3 is 2.86 bits per heavy atom. The molecule has 0 saturated heterocycles. The first-order valence-electron chi connectivity index (χ1n) is 6.96. The SMILES string of the molecule is COc1cc(-c2ccc3c(c2)CCCN3)cc(C=O)c1O. The Labute approximate surface area is 123 Å². The van der Waals surface area contributed by atoms with Crippen molar-refractivity contribution in [2.45, 2.75) is 12.8 Å². The number of phenols is 1. The zero-order valence-corrected chi connectivity index (χ0v) is 11.8. The summed E-state index contributed by atoms with van der Waals surface area (Å²) in [6.07, 6.45) is 2.81. The zero-order valence-electron chi connectivity index (χ0n) is 11.8. The highest BCUT2D eigenvalue weighted by Crippen LogP contribution is 2.36. The van der Waals surface area contributed by atoms with Crippen LogP contribution in [0.4, 0.5) is 5.69 Å². The van der Waals surface area contributed by atoms with Gasteiger partial charge in [0.05, 0.1) is 12.7 Å². The molecular weight excluding hydrogens is 266 g/mol. The molecule has 0 fully saturated rings. The Hall–Kier alpha value is -2.49. The number of nitrogens with one attached hydrogen (secondary N) is 1. The number of methoxy groups -OCH3 is 1. The summed E-state index contributed by atoms with van der Waals surface area (Å²) in [6, 6.07) is 9.63. The van der Waals surface area contributed by atoms with Crippen LogP contribution in [0.15, 0.2) is 30.3 Å². The van der Waals surface area contributed by atoms with E-state index in [1.807, 2.05) is 6.07 Å². The first kappa shape index (κ1) is 13.5. The number of carbonyl (C=O) groups excluding carboxylic acids is 1. The van der Waals surface area contributed by atoms with Gasteiger partial charge in [-0.05, 0) is 53.8 Å². The van der Waals surface area contributed by atoms with Gasteiger partial charge in [0, 0.05) is 12.2 Å². The van der Waals surface area contributed by atoms with Crippen LogP contribution < -0.4 is 10.1 Å². The standard InChI is InChI=1S/C17H17NO3/c1-21-16-9-13(8-14(10-19)17(16)20)11-4-5-15-12(7-11)3-2-6-18-15/h4-5,7-10,18,20H,2-3,6H2,1H3. The number of hydrogen-bond donors (Lipinski definition) is 2. The van der Waals surface area contributed by atoms with Gasteiger partial charge in [-0.3, -0.25) is 4.79 Å². The number of rotatable bonds is 3. The molecule has 4 heteroatoms. The van der Waals surface area contributed by atoms with E-state index in [-0.39, 0.29) is 11.3 Å². The second-order valence-corrected chi connectivity index (χ2v) is 5.14. The molecule has 0 amide bonds. The summed E-state index contributed by atoms with van der Waals surface area (Å²) in [5, 5.41) is 13.3. The summed E-state index contributed by atoms with van der Waals surface area (Å²) < 4.78 is 5.14. The Morgan fingerprint density at radius 1 is 1.24 bits per heavy atom. The van der Waals surface area contributed by atoms with Gasteiger partial charge in [0.2, 0.25) is 0 Å². The number of aryl methyl sites for hydroxylation is 1. The Balaban J connectivity index is 2.09. The second-order valence-electron chi connectivity index (χ2n) is 5.14. The van der Waals surface area contributed by atoms with E-state index in [1.165, 1.54) is 18.4 Å². The molecule has 0 saturated carbocycles. The summed E-state index contributed by atoms with van der Waals surface area (Å²) in [5.41, 5.74) is 4.56. The molecule has 0 radical (unpaired) electrons. The van der Waals surface area contributed by atoms with E-state index < -0.39 is 0 Å². The van der Waals surface area contributed by atoms with Crippen molar-refractivity contribution in [3.8, 4) is 22.6 Å². The van der Waals surface area contributed by atoms with E-state index >= 15 is 0 Å². The smallest absolute Gasteiger partial charge is 0.168 e. The van der Waals surface area contributed by atoms with E-state index in [0.717, 1.165) is 30.5 Å². The average Bonchev–Trinajstić information content (AvgIpc) is 2.54. The number of benzene rings is 2. The third-order valence-electron chi connectivity index (χ3n) is 3.83. The van der Waals surface area contributed by atoms with Gasteiger partial charge in [-0.1, -0.05) is 6.07 Å². The molecule has 2 aromatic rings. The lowest BCUT2D eigenvalue weighted by atomic mass is 9.96. The molecule has 1 heterocycles. The van der Waals surface area contributed by atoms with Gasteiger partial charge in [0.1, 0.15) is 0 Å². The minimum Gasteiger partial charge on any atom is -0.504 e. The molecule has 21 heavy (non-hydrogen) atoms. The summed E-state index contributed by atoms with van der Waals surface area (Å²) in [4.78, 5) is 11.1. The van der Waals surface area contributed by atoms with Crippen molar-refractivity contribution in [1.29, 1.82) is 0 Å². The lowest BCUT2D eigenvalue weighted by molar-refractivity contribution is 0.112. The lowest BCUT2D eigenvalue weighted by Gasteiger charge is -2.19. The van der Waals surface area contributed by atoms with Gasteiger partial charge in [0.15, 0.2) is 17.8 Å². The molecule has 0 aromatic heterocycles. The van der Waals surface area contributed by atoms with Crippen molar-refractivity contribution in [2.24, 2.45) is 0 Å². The monoisotopic (exact) mass is 283 g/mol. The van der Waals surface area contributed by atoms with Gasteiger partial charge in [0.25, 0.3) is 0 Å². The number of anilines is 1. The normalized spacial score (nSPS) is 13.2. The maximum absolute atomic E-state index is 11.1. The molecule has 0 aliphatic carbocycles. The van der Waals surface area contributed by atoms with Crippen molar-refractivity contribution < 1.29 is 14.6 Å². The van der Waals surface area contributed by atoms with Crippen LogP contribution in [-0.4, -0.2) is 25.0 Å². The first-order chi connectivity index (χ1) is 10.2. The van der Waals surface area contributed by atoms with E-state index in [1.54, 1.807) is 12.1 Å². The largest absolute Gasteiger partial charge is 0.504 e. The topological polar surface area (TPSA) is 58.6 Å². The molecule has 3 rings (SSSR count). The van der Waals surface area contributed by atoms with Gasteiger partial charge < -0.3 is 15.2 Å². The molecule has 0 atom stereocenters. The quantitative estimate of drug-likeness (QED) is 0.849. The van der Waals surface area contributed by atoms with Crippen LogP contribution in [0.1, 0.15) is 22.3 Å². The molecule has 0 spiro atoms. The number of fused-ring (bicyclic) bond motifs is 1. The minimum atomic E-state index is -0.115. The van der Waals surface area contributed by atoms with Gasteiger partial charge in [-0.25, -0.2) is 0 Å². The predicted molar refractivity (Wildman–Crippen MR) is 82.3 cm³/mol. The van der Waals surface area contributed by atoms with Crippen molar-refractivity contribution >= 4 is 12.0 Å². The second kappa shape index (κ2) is 5.48. The number of ether oxygens (including phenoxy) is 1. The molecule has 0 unspecified atom stereocenters. The number of aldehydes is 1. The maximum atomic E-state index is 11.1. The van der Waals surface area contributed by atoms with Gasteiger partial charge >= 0.3 is 0 Å². The van der Waals surface area contributed by atoms with Crippen LogP contribution in [0.3, 0.4) is 0 Å². The summed E-state index contributed by atoms with van der Waals surface area (Å²) >= 11 is 0. The Bertz CT molecular complexity index is 695. The summed E-state index contributed by atoms with van der Waals surface area (Å²) in [6.45, 7) is 1.01. The van der Waals surface area contributed by atoms with Crippen LogP contribution in [0.2, 0.25) is 0 Å². The molecule has 2 aromatic carbocycles. The number of aromatic hydroxyl groups is 1. The molecule has 2 N–H and O–H groups in total. The molecule has 4 nitrogen and oxygen atoms in total. The lowest BCUT2D eigenvalue weighted by Crippen LogP contribution is -2.11. The van der Waals surface area contributed by atoms with E-state index in [0.29, 0.717) is 12.0 Å². The number of hydrogen-bond acceptors (Lipinski definition) is 4. The van der Waals surface area contributed by atoms with E-state index in [9.17, 15) is 9.90 Å². The Morgan fingerprint density at radius 2 is 2.10 bits per heavy atom. The average molecular weight is 283 g/mol. The van der Waals surface area contributed by atoms with Crippen molar-refractivity contribution in [1.82, 2.24) is 0 Å². The molecule has 108 valence electrons. The van der Waals surface area contributed by atoms with Crippen LogP contribution in [0.25, 0.3) is 11.1 Å². The summed E-state index contributed by atoms with van der Waals surface area (Å²) in [7, 11) is 1.48. The number of phenolic OH excluding ortho intramolecular Hbond substituents is 1. The third kappa shape index (κ3) is 2.44. The molecule has 1 aliphatic rings. The van der Waals surface area contributed by atoms with Crippen molar-refractivity contribution in [2.75, 3.05) is 19.0 Å². The zero-order chi connectivity index (χ0) is 14.8. The highest BCUT2D eigenvalue weighted by Gasteiger charge is 2.13. The highest BCUT2D eigenvalue weighted by atomic mass is 16.5. The fourth-order valence-electron chi connectivity index (χ4n) is 2.70. The van der Waals surface area contributed by atoms with Crippen LogP contribution in [0, 0.1) is 0 Å². The fraction of sp³-hybridized carbons (Fsp3) is 0.235. The van der Waals surface area contributed by atoms with Crippen LogP contribution in [-0.2, 0) is 6.42 Å². The predicted octanol–water partition coefficient (Wildman–Crippen LogP) is 3.24. The van der Waals surface area contributed by atoms with Crippen molar-refractivity contribution in [3.63, 3.8) is 0 Å². The Kier molecular flexibility index (Phi) is 3.52. The summed E-state index contributed by atoms with van der Waals surface area (Å²) in [5.74, 6) is 0.196. The maximum Gasteiger partial charge on any atom is 0.168 e. The minimum absolute atomic E-state index is 0.115. The molecule has 0 bridgehead atoms. The number of carbonyl (C=O) groups is 1.